The zero-order valence-electron chi connectivity index (χ0n) is 10.5. The highest BCUT2D eigenvalue weighted by molar-refractivity contribution is 5.27. The van der Waals surface area contributed by atoms with E-state index in [2.05, 4.69) is 15.4 Å². The molecule has 0 saturated heterocycles. The van der Waals surface area contributed by atoms with Gasteiger partial charge in [-0.25, -0.2) is 0 Å². The summed E-state index contributed by atoms with van der Waals surface area (Å²) in [6, 6.07) is 6.60. The molecular weight excluding hydrogens is 257 g/mol. The first-order valence-corrected chi connectivity index (χ1v) is 6.32. The van der Waals surface area contributed by atoms with E-state index in [9.17, 15) is 13.2 Å². The van der Waals surface area contributed by atoms with Crippen LogP contribution in [0.5, 0.6) is 5.75 Å². The van der Waals surface area contributed by atoms with Gasteiger partial charge in [-0.2, -0.15) is 0 Å². The number of benzene rings is 1. The predicted octanol–water partition coefficient (Wildman–Crippen LogP) is 2.43. The lowest BCUT2D eigenvalue weighted by molar-refractivity contribution is -0.274. The van der Waals surface area contributed by atoms with Crippen LogP contribution in [0.1, 0.15) is 18.4 Å². The minimum absolute atomic E-state index is 0.188. The largest absolute Gasteiger partial charge is 0.573 e. The lowest BCUT2D eigenvalue weighted by Crippen LogP contribution is -2.28. The topological polar surface area (TPSA) is 33.3 Å². The molecule has 19 heavy (non-hydrogen) atoms. The molecule has 0 amide bonds. The molecule has 2 N–H and O–H groups in total. The molecule has 0 aliphatic heterocycles. The van der Waals surface area contributed by atoms with Crippen LogP contribution in [0.15, 0.2) is 24.3 Å². The quantitative estimate of drug-likeness (QED) is 0.749. The van der Waals surface area contributed by atoms with Gasteiger partial charge < -0.3 is 15.4 Å². The van der Waals surface area contributed by atoms with Crippen molar-refractivity contribution in [3.05, 3.63) is 29.8 Å². The van der Waals surface area contributed by atoms with Crippen LogP contribution < -0.4 is 15.4 Å². The molecule has 3 nitrogen and oxygen atoms in total. The Balaban J connectivity index is 1.66. The third-order valence-corrected chi connectivity index (χ3v) is 2.80. The molecule has 1 aromatic rings. The average Bonchev–Trinajstić information content (AvgIpc) is 3.13. The van der Waals surface area contributed by atoms with E-state index in [0.29, 0.717) is 12.6 Å². The lowest BCUT2D eigenvalue weighted by Gasteiger charge is -2.10. The number of nitrogens with one attached hydrogen (secondary N) is 2. The van der Waals surface area contributed by atoms with Gasteiger partial charge in [0.15, 0.2) is 0 Å². The molecule has 0 unspecified atom stereocenters. The molecule has 0 bridgehead atoms. The Labute approximate surface area is 110 Å². The van der Waals surface area contributed by atoms with Crippen molar-refractivity contribution in [2.24, 2.45) is 0 Å². The lowest BCUT2D eigenvalue weighted by atomic mass is 10.2. The van der Waals surface area contributed by atoms with Crippen molar-refractivity contribution in [3.8, 4) is 5.75 Å². The highest BCUT2D eigenvalue weighted by atomic mass is 19.4. The first kappa shape index (κ1) is 14.1. The fourth-order valence-electron chi connectivity index (χ4n) is 1.69. The Morgan fingerprint density at radius 3 is 2.37 bits per heavy atom. The third kappa shape index (κ3) is 5.94. The molecule has 1 aromatic carbocycles. The standard InChI is InChI=1S/C13H17F3N2O/c14-13(15,16)19-12-5-1-10(2-6-12)9-17-7-8-18-11-3-4-11/h1-2,5-6,11,17-18H,3-4,7-9H2. The molecule has 0 heterocycles. The van der Waals surface area contributed by atoms with Gasteiger partial charge in [0.25, 0.3) is 0 Å². The number of halogens is 3. The van der Waals surface area contributed by atoms with E-state index in [0.717, 1.165) is 18.7 Å². The van der Waals surface area contributed by atoms with Gasteiger partial charge in [-0.05, 0) is 30.5 Å². The molecule has 2 rings (SSSR count). The van der Waals surface area contributed by atoms with Crippen LogP contribution in [-0.4, -0.2) is 25.5 Å². The molecule has 6 heteroatoms. The van der Waals surface area contributed by atoms with Crippen LogP contribution in [0.25, 0.3) is 0 Å². The second-order valence-corrected chi connectivity index (χ2v) is 4.60. The Morgan fingerprint density at radius 2 is 1.79 bits per heavy atom. The van der Waals surface area contributed by atoms with Crippen molar-refractivity contribution in [2.45, 2.75) is 31.8 Å². The highest BCUT2D eigenvalue weighted by Gasteiger charge is 2.30. The molecule has 1 saturated carbocycles. The molecule has 106 valence electrons. The monoisotopic (exact) mass is 274 g/mol. The van der Waals surface area contributed by atoms with E-state index >= 15 is 0 Å². The van der Waals surface area contributed by atoms with Crippen molar-refractivity contribution in [1.82, 2.24) is 10.6 Å². The van der Waals surface area contributed by atoms with Crippen LogP contribution in [0, 0.1) is 0 Å². The summed E-state index contributed by atoms with van der Waals surface area (Å²) in [5.74, 6) is -0.188. The van der Waals surface area contributed by atoms with Crippen molar-refractivity contribution >= 4 is 0 Å². The SMILES string of the molecule is FC(F)(F)Oc1ccc(CNCCNC2CC2)cc1. The predicted molar refractivity (Wildman–Crippen MR) is 65.9 cm³/mol. The molecule has 0 radical (unpaired) electrons. The Kier molecular flexibility index (Phi) is 4.66. The molecule has 0 atom stereocenters. The summed E-state index contributed by atoms with van der Waals surface area (Å²) in [4.78, 5) is 0. The number of hydrogen-bond acceptors (Lipinski definition) is 3. The molecule has 1 aliphatic rings. The minimum atomic E-state index is -4.63. The van der Waals surface area contributed by atoms with E-state index in [1.165, 1.54) is 25.0 Å². The molecular formula is C13H17F3N2O. The number of alkyl halides is 3. The smallest absolute Gasteiger partial charge is 0.406 e. The van der Waals surface area contributed by atoms with E-state index in [1.807, 2.05) is 0 Å². The van der Waals surface area contributed by atoms with Crippen LogP contribution >= 0.6 is 0 Å². The number of rotatable bonds is 7. The van der Waals surface area contributed by atoms with Gasteiger partial charge in [0.2, 0.25) is 0 Å². The second-order valence-electron chi connectivity index (χ2n) is 4.60. The van der Waals surface area contributed by atoms with Gasteiger partial charge >= 0.3 is 6.36 Å². The average molecular weight is 274 g/mol. The Morgan fingerprint density at radius 1 is 1.11 bits per heavy atom. The molecule has 1 fully saturated rings. The zero-order valence-corrected chi connectivity index (χ0v) is 10.5. The van der Waals surface area contributed by atoms with Crippen molar-refractivity contribution in [2.75, 3.05) is 13.1 Å². The van der Waals surface area contributed by atoms with E-state index < -0.39 is 6.36 Å². The third-order valence-electron chi connectivity index (χ3n) is 2.80. The van der Waals surface area contributed by atoms with Gasteiger partial charge in [-0.15, -0.1) is 13.2 Å². The molecule has 0 aromatic heterocycles. The number of ether oxygens (including phenoxy) is 1. The Bertz CT molecular complexity index is 388. The summed E-state index contributed by atoms with van der Waals surface area (Å²) in [6.07, 6.45) is -2.10. The maximum Gasteiger partial charge on any atom is 0.573 e. The summed E-state index contributed by atoms with van der Waals surface area (Å²) >= 11 is 0. The zero-order chi connectivity index (χ0) is 13.7. The molecule has 1 aliphatic carbocycles. The maximum absolute atomic E-state index is 12.0. The number of hydrogen-bond donors (Lipinski definition) is 2. The van der Waals surface area contributed by atoms with Crippen LogP contribution in [0.3, 0.4) is 0 Å². The van der Waals surface area contributed by atoms with Gasteiger partial charge in [-0.1, -0.05) is 12.1 Å². The van der Waals surface area contributed by atoms with E-state index in [-0.39, 0.29) is 5.75 Å². The van der Waals surface area contributed by atoms with Gasteiger partial charge in [-0.3, -0.25) is 0 Å². The van der Waals surface area contributed by atoms with Crippen LogP contribution in [-0.2, 0) is 6.54 Å². The normalized spacial score (nSPS) is 15.5. The Hall–Kier alpha value is -1.27. The van der Waals surface area contributed by atoms with E-state index in [4.69, 9.17) is 0 Å². The van der Waals surface area contributed by atoms with Crippen molar-refractivity contribution < 1.29 is 17.9 Å². The van der Waals surface area contributed by atoms with Crippen molar-refractivity contribution in [3.63, 3.8) is 0 Å². The first-order valence-electron chi connectivity index (χ1n) is 6.32. The fourth-order valence-corrected chi connectivity index (χ4v) is 1.69. The summed E-state index contributed by atoms with van der Waals surface area (Å²) < 4.78 is 39.7. The fraction of sp³-hybridized carbons (Fsp3) is 0.538. The summed E-state index contributed by atoms with van der Waals surface area (Å²) in [6.45, 7) is 2.40. The first-order chi connectivity index (χ1) is 9.03. The van der Waals surface area contributed by atoms with E-state index in [1.54, 1.807) is 12.1 Å². The maximum atomic E-state index is 12.0. The van der Waals surface area contributed by atoms with Gasteiger partial charge in [0.05, 0.1) is 0 Å². The van der Waals surface area contributed by atoms with Crippen LogP contribution in [0.2, 0.25) is 0 Å². The van der Waals surface area contributed by atoms with Gasteiger partial charge in [0.1, 0.15) is 5.75 Å². The van der Waals surface area contributed by atoms with Crippen LogP contribution in [0.4, 0.5) is 13.2 Å². The second kappa shape index (κ2) is 6.25. The minimum Gasteiger partial charge on any atom is -0.406 e. The summed E-state index contributed by atoms with van der Waals surface area (Å²) in [7, 11) is 0. The van der Waals surface area contributed by atoms with Crippen molar-refractivity contribution in [1.29, 1.82) is 0 Å². The van der Waals surface area contributed by atoms with Gasteiger partial charge in [0, 0.05) is 25.7 Å². The summed E-state index contributed by atoms with van der Waals surface area (Å²) in [5, 5.41) is 6.60. The summed E-state index contributed by atoms with van der Waals surface area (Å²) in [5.41, 5.74) is 0.931. The highest BCUT2D eigenvalue weighted by Crippen LogP contribution is 2.22. The molecule has 0 spiro atoms.